The minimum absolute atomic E-state index is 0.00244. The van der Waals surface area contributed by atoms with Crippen LogP contribution in [0.3, 0.4) is 0 Å². The van der Waals surface area contributed by atoms with E-state index in [4.69, 9.17) is 14.2 Å². The molecule has 3 rings (SSSR count). The van der Waals surface area contributed by atoms with E-state index in [1.807, 2.05) is 78.2 Å². The largest absolute Gasteiger partial charge is 0.391 e. The average Bonchev–Trinajstić information content (AvgIpc) is 3.56. The number of likely N-dealkylation sites (tertiary alicyclic amines) is 1. The van der Waals surface area contributed by atoms with Crippen LogP contribution in [-0.4, -0.2) is 90.2 Å². The van der Waals surface area contributed by atoms with Crippen LogP contribution < -0.4 is 10.6 Å². The Morgan fingerprint density at radius 3 is 2.33 bits per heavy atom. The molecule has 0 bridgehead atoms. The number of carbonyl (C=O) groups excluding carboxylic acids is 3. The first kappa shape index (κ1) is 34.6. The highest BCUT2D eigenvalue weighted by Gasteiger charge is 2.44. The summed E-state index contributed by atoms with van der Waals surface area (Å²) in [6.45, 7) is 13.7. The summed E-state index contributed by atoms with van der Waals surface area (Å²) in [6, 6.07) is 5.78. The van der Waals surface area contributed by atoms with Crippen LogP contribution in [0.5, 0.6) is 0 Å². The van der Waals surface area contributed by atoms with Crippen molar-refractivity contribution in [2.24, 2.45) is 5.41 Å². The van der Waals surface area contributed by atoms with Crippen LogP contribution in [0.2, 0.25) is 0 Å². The predicted molar refractivity (Wildman–Crippen MR) is 164 cm³/mol. The molecule has 1 saturated heterocycles. The van der Waals surface area contributed by atoms with Crippen molar-refractivity contribution in [3.05, 3.63) is 41.0 Å². The van der Waals surface area contributed by atoms with Crippen molar-refractivity contribution in [2.75, 3.05) is 33.0 Å². The fourth-order valence-corrected chi connectivity index (χ4v) is 5.79. The number of aromatic nitrogens is 1. The van der Waals surface area contributed by atoms with E-state index in [1.54, 1.807) is 11.3 Å². The Balaban J connectivity index is 1.64. The number of hydrogen-bond acceptors (Lipinski definition) is 9. The standard InChI is InChI=1S/C31H46N4O7S/c1-8-41-26(42-9-2)17-40-16-25(37)34-28(31(5,6)7)30(39)35-15-23(36)14-24(35)29(38)33-19(3)21-10-12-22(13-11-21)27-20(4)32-18-43-27/h10-13,18-19,23-24,26,28,36H,8-9,14-17H2,1-7H3,(H,33,38)(H,34,37). The van der Waals surface area contributed by atoms with Gasteiger partial charge in [-0.2, -0.15) is 0 Å². The molecule has 0 radical (unpaired) electrons. The van der Waals surface area contributed by atoms with Gasteiger partial charge in [-0.05, 0) is 44.2 Å². The van der Waals surface area contributed by atoms with E-state index in [2.05, 4.69) is 15.6 Å². The maximum absolute atomic E-state index is 13.8. The van der Waals surface area contributed by atoms with Crippen LogP contribution in [0.15, 0.2) is 29.8 Å². The number of aliphatic hydroxyl groups excluding tert-OH is 1. The van der Waals surface area contributed by atoms with Crippen molar-refractivity contribution in [2.45, 2.75) is 85.4 Å². The zero-order valence-electron chi connectivity index (χ0n) is 26.2. The molecule has 3 amide bonds. The average molecular weight is 619 g/mol. The van der Waals surface area contributed by atoms with Crippen LogP contribution in [0.25, 0.3) is 10.4 Å². The molecule has 0 saturated carbocycles. The van der Waals surface area contributed by atoms with E-state index >= 15 is 0 Å². The topological polar surface area (TPSA) is 139 Å². The molecule has 3 N–H and O–H groups in total. The Labute approximate surface area is 258 Å². The fraction of sp³-hybridized carbons (Fsp3) is 0.613. The molecular weight excluding hydrogens is 572 g/mol. The molecule has 1 fully saturated rings. The Kier molecular flexibility index (Phi) is 12.6. The number of β-amino-alcohol motifs (C(OH)–C–C–N with tert-alkyl or cyclic N) is 1. The summed E-state index contributed by atoms with van der Waals surface area (Å²) in [5.41, 5.74) is 4.08. The number of aliphatic hydroxyl groups is 1. The van der Waals surface area contributed by atoms with Gasteiger partial charge in [-0.25, -0.2) is 4.98 Å². The number of ether oxygens (including phenoxy) is 3. The molecule has 1 aliphatic rings. The molecule has 1 aliphatic heterocycles. The molecule has 1 aromatic heterocycles. The number of thiazole rings is 1. The van der Waals surface area contributed by atoms with Crippen molar-refractivity contribution in [1.82, 2.24) is 20.5 Å². The Hall–Kier alpha value is -2.90. The van der Waals surface area contributed by atoms with Gasteiger partial charge in [-0.15, -0.1) is 11.3 Å². The second kappa shape index (κ2) is 15.7. The lowest BCUT2D eigenvalue weighted by atomic mass is 9.85. The van der Waals surface area contributed by atoms with E-state index in [-0.39, 0.29) is 38.1 Å². The molecule has 12 heteroatoms. The van der Waals surface area contributed by atoms with Crippen LogP contribution in [0, 0.1) is 12.3 Å². The van der Waals surface area contributed by atoms with Gasteiger partial charge in [-0.3, -0.25) is 14.4 Å². The fourth-order valence-electron chi connectivity index (χ4n) is 4.98. The third-order valence-electron chi connectivity index (χ3n) is 7.25. The molecule has 4 atom stereocenters. The third-order valence-corrected chi connectivity index (χ3v) is 8.23. The lowest BCUT2D eigenvalue weighted by Gasteiger charge is -2.35. The van der Waals surface area contributed by atoms with Gasteiger partial charge in [0.15, 0.2) is 6.29 Å². The predicted octanol–water partition coefficient (Wildman–Crippen LogP) is 3.20. The Morgan fingerprint density at radius 1 is 1.12 bits per heavy atom. The number of hydrogen-bond donors (Lipinski definition) is 3. The Morgan fingerprint density at radius 2 is 1.77 bits per heavy atom. The van der Waals surface area contributed by atoms with E-state index in [0.29, 0.717) is 13.2 Å². The lowest BCUT2D eigenvalue weighted by Crippen LogP contribution is -2.58. The van der Waals surface area contributed by atoms with Crippen molar-refractivity contribution in [3.63, 3.8) is 0 Å². The molecule has 0 aliphatic carbocycles. The lowest BCUT2D eigenvalue weighted by molar-refractivity contribution is -0.169. The zero-order valence-corrected chi connectivity index (χ0v) is 27.0. The first-order valence-electron chi connectivity index (χ1n) is 14.7. The number of nitrogens with one attached hydrogen (secondary N) is 2. The number of benzene rings is 1. The smallest absolute Gasteiger partial charge is 0.246 e. The summed E-state index contributed by atoms with van der Waals surface area (Å²) in [5, 5.41) is 16.3. The number of rotatable bonds is 14. The van der Waals surface area contributed by atoms with Crippen molar-refractivity contribution in [1.29, 1.82) is 0 Å². The number of nitrogens with zero attached hydrogens (tertiary/aromatic N) is 2. The minimum Gasteiger partial charge on any atom is -0.391 e. The van der Waals surface area contributed by atoms with E-state index in [0.717, 1.165) is 21.7 Å². The van der Waals surface area contributed by atoms with E-state index in [1.165, 1.54) is 4.90 Å². The quantitative estimate of drug-likeness (QED) is 0.275. The summed E-state index contributed by atoms with van der Waals surface area (Å²) in [6.07, 6.45) is -1.33. The van der Waals surface area contributed by atoms with E-state index in [9.17, 15) is 19.5 Å². The van der Waals surface area contributed by atoms with Crippen LogP contribution in [-0.2, 0) is 28.6 Å². The minimum atomic E-state index is -0.945. The second-order valence-corrected chi connectivity index (χ2v) is 12.6. The highest BCUT2D eigenvalue weighted by atomic mass is 32.1. The summed E-state index contributed by atoms with van der Waals surface area (Å²) in [4.78, 5) is 46.8. The summed E-state index contributed by atoms with van der Waals surface area (Å²) in [7, 11) is 0. The maximum atomic E-state index is 13.8. The molecule has 43 heavy (non-hydrogen) atoms. The molecule has 2 aromatic rings. The highest BCUT2D eigenvalue weighted by molar-refractivity contribution is 7.13. The number of carbonyl (C=O) groups is 3. The van der Waals surface area contributed by atoms with Gasteiger partial charge in [0.2, 0.25) is 17.7 Å². The third kappa shape index (κ3) is 9.54. The van der Waals surface area contributed by atoms with Gasteiger partial charge in [0, 0.05) is 26.2 Å². The summed E-state index contributed by atoms with van der Waals surface area (Å²) >= 11 is 1.58. The van der Waals surface area contributed by atoms with Crippen LogP contribution in [0.1, 0.15) is 65.3 Å². The molecule has 4 unspecified atom stereocenters. The SMILES string of the molecule is CCOC(COCC(=O)NC(C(=O)N1CC(O)CC1C(=O)NC(C)c1ccc(-c2scnc2C)cc1)C(C)(C)C)OCC. The number of amides is 3. The van der Waals surface area contributed by atoms with Gasteiger partial charge in [0.25, 0.3) is 0 Å². The first-order chi connectivity index (χ1) is 20.3. The van der Waals surface area contributed by atoms with Crippen molar-refractivity contribution >= 4 is 29.1 Å². The molecule has 2 heterocycles. The normalized spacial score (nSPS) is 18.5. The van der Waals surface area contributed by atoms with Gasteiger partial charge >= 0.3 is 0 Å². The van der Waals surface area contributed by atoms with Crippen molar-refractivity contribution in [3.8, 4) is 10.4 Å². The molecule has 1 aromatic carbocycles. The Bertz CT molecular complexity index is 1210. The molecule has 238 valence electrons. The maximum Gasteiger partial charge on any atom is 0.246 e. The second-order valence-electron chi connectivity index (χ2n) is 11.7. The monoisotopic (exact) mass is 618 g/mol. The molecule has 0 spiro atoms. The summed E-state index contributed by atoms with van der Waals surface area (Å²) < 4.78 is 16.3. The first-order valence-corrected chi connectivity index (χ1v) is 15.6. The van der Waals surface area contributed by atoms with Gasteiger partial charge in [0.1, 0.15) is 18.7 Å². The van der Waals surface area contributed by atoms with Crippen LogP contribution >= 0.6 is 11.3 Å². The van der Waals surface area contributed by atoms with E-state index < -0.39 is 41.7 Å². The number of aryl methyl sites for hydroxylation is 1. The zero-order chi connectivity index (χ0) is 31.7. The van der Waals surface area contributed by atoms with Crippen LogP contribution in [0.4, 0.5) is 0 Å². The van der Waals surface area contributed by atoms with Gasteiger partial charge in [-0.1, -0.05) is 45.0 Å². The van der Waals surface area contributed by atoms with Crippen molar-refractivity contribution < 1.29 is 33.7 Å². The molecular formula is C31H46N4O7S. The van der Waals surface area contributed by atoms with Gasteiger partial charge < -0.3 is 34.9 Å². The molecule has 11 nitrogen and oxygen atoms in total. The van der Waals surface area contributed by atoms with Gasteiger partial charge in [0.05, 0.1) is 34.8 Å². The summed E-state index contributed by atoms with van der Waals surface area (Å²) in [5.74, 6) is -1.28. The highest BCUT2D eigenvalue weighted by Crippen LogP contribution is 2.29.